The number of carbonyl (C=O) groups excluding carboxylic acids is 2. The van der Waals surface area contributed by atoms with Crippen molar-refractivity contribution in [2.24, 2.45) is 0 Å². The van der Waals surface area contributed by atoms with Crippen molar-refractivity contribution in [1.82, 2.24) is 0 Å². The Morgan fingerprint density at radius 1 is 1.07 bits per heavy atom. The van der Waals surface area contributed by atoms with Crippen LogP contribution in [0.5, 0.6) is 5.75 Å². The number of esters is 1. The molecule has 2 rings (SSSR count). The van der Waals surface area contributed by atoms with Gasteiger partial charge in [0.15, 0.2) is 6.61 Å². The van der Waals surface area contributed by atoms with Gasteiger partial charge in [0.25, 0.3) is 5.91 Å². The summed E-state index contributed by atoms with van der Waals surface area (Å²) in [5.41, 5.74) is 3.15. The molecule has 5 nitrogen and oxygen atoms in total. The van der Waals surface area contributed by atoms with Gasteiger partial charge >= 0.3 is 5.97 Å². The van der Waals surface area contributed by atoms with E-state index in [1.807, 2.05) is 32.9 Å². The van der Waals surface area contributed by atoms with E-state index in [-0.39, 0.29) is 18.5 Å². The monoisotopic (exact) mass is 433 g/mol. The van der Waals surface area contributed by atoms with E-state index in [1.165, 1.54) is 0 Å². The topological polar surface area (TPSA) is 64.6 Å². The molecule has 0 aliphatic carbocycles. The molecule has 0 radical (unpaired) electrons. The fourth-order valence-electron chi connectivity index (χ4n) is 2.42. The molecule has 0 bridgehead atoms. The minimum absolute atomic E-state index is 0.0959. The third kappa shape index (κ3) is 6.40. The van der Waals surface area contributed by atoms with E-state index in [4.69, 9.17) is 9.47 Å². The van der Waals surface area contributed by atoms with E-state index in [1.54, 1.807) is 24.3 Å². The van der Waals surface area contributed by atoms with E-state index in [0.717, 1.165) is 28.4 Å². The van der Waals surface area contributed by atoms with E-state index < -0.39 is 0 Å². The first kappa shape index (κ1) is 21.0. The molecule has 0 saturated carbocycles. The Kier molecular flexibility index (Phi) is 7.85. The van der Waals surface area contributed by atoms with Gasteiger partial charge < -0.3 is 14.8 Å². The molecule has 0 unspecified atom stereocenters. The second-order valence-corrected chi connectivity index (χ2v) is 7.07. The van der Waals surface area contributed by atoms with Crippen LogP contribution in [0.15, 0.2) is 40.9 Å². The van der Waals surface area contributed by atoms with Crippen LogP contribution in [0, 0.1) is 13.8 Å². The van der Waals surface area contributed by atoms with Crippen molar-refractivity contribution in [3.05, 3.63) is 57.6 Å². The van der Waals surface area contributed by atoms with Gasteiger partial charge in [-0.25, -0.2) is 4.79 Å². The van der Waals surface area contributed by atoms with Crippen LogP contribution in [0.4, 0.5) is 5.69 Å². The van der Waals surface area contributed by atoms with Crippen molar-refractivity contribution < 1.29 is 19.1 Å². The lowest BCUT2D eigenvalue weighted by Crippen LogP contribution is -2.20. The van der Waals surface area contributed by atoms with Crippen LogP contribution in [-0.2, 0) is 9.53 Å². The maximum absolute atomic E-state index is 12.1. The van der Waals surface area contributed by atoms with Crippen molar-refractivity contribution in [3.63, 3.8) is 0 Å². The van der Waals surface area contributed by atoms with Crippen molar-refractivity contribution in [2.45, 2.75) is 33.6 Å². The Hall–Kier alpha value is -2.34. The smallest absolute Gasteiger partial charge is 0.338 e. The number of carbonyl (C=O) groups is 2. The summed E-state index contributed by atoms with van der Waals surface area (Å²) in [7, 11) is 0. The molecule has 0 saturated heterocycles. The second kappa shape index (κ2) is 10.1. The third-order valence-electron chi connectivity index (χ3n) is 3.92. The summed E-state index contributed by atoms with van der Waals surface area (Å²) in [6, 6.07) is 10.4. The van der Waals surface area contributed by atoms with Crippen molar-refractivity contribution in [3.8, 4) is 5.75 Å². The van der Waals surface area contributed by atoms with Crippen LogP contribution >= 0.6 is 15.9 Å². The zero-order chi connectivity index (χ0) is 19.8. The largest absolute Gasteiger partial charge is 0.484 e. The average Bonchev–Trinajstić information content (AvgIpc) is 2.65. The van der Waals surface area contributed by atoms with Gasteiger partial charge in [-0.15, -0.1) is 0 Å². The molecule has 1 N–H and O–H groups in total. The van der Waals surface area contributed by atoms with Gasteiger partial charge in [-0.1, -0.05) is 29.3 Å². The summed E-state index contributed by atoms with van der Waals surface area (Å²) in [5, 5.41) is 2.75. The maximum atomic E-state index is 12.1. The predicted molar refractivity (Wildman–Crippen MR) is 109 cm³/mol. The molecule has 2 aromatic carbocycles. The minimum Gasteiger partial charge on any atom is -0.484 e. The molecular formula is C21H24BrNO4. The molecule has 27 heavy (non-hydrogen) atoms. The maximum Gasteiger partial charge on any atom is 0.338 e. The zero-order valence-corrected chi connectivity index (χ0v) is 17.4. The van der Waals surface area contributed by atoms with Crippen LogP contribution in [0.1, 0.15) is 41.3 Å². The number of anilines is 1. The summed E-state index contributed by atoms with van der Waals surface area (Å²) >= 11 is 3.50. The minimum atomic E-state index is -0.356. The van der Waals surface area contributed by atoms with Crippen molar-refractivity contribution in [2.75, 3.05) is 18.5 Å². The quantitative estimate of drug-likeness (QED) is 0.467. The second-order valence-electron chi connectivity index (χ2n) is 6.27. The van der Waals surface area contributed by atoms with Gasteiger partial charge in [0.05, 0.1) is 12.2 Å². The molecule has 0 fully saturated rings. The normalized spacial score (nSPS) is 10.4. The van der Waals surface area contributed by atoms with Crippen LogP contribution in [0.2, 0.25) is 0 Å². The fraction of sp³-hybridized carbons (Fsp3) is 0.333. The summed E-state index contributed by atoms with van der Waals surface area (Å²) < 4.78 is 11.8. The van der Waals surface area contributed by atoms with Crippen LogP contribution in [0.3, 0.4) is 0 Å². The Labute approximate surface area is 168 Å². The van der Waals surface area contributed by atoms with Gasteiger partial charge in [0, 0.05) is 10.2 Å². The van der Waals surface area contributed by atoms with Gasteiger partial charge in [-0.05, 0) is 67.8 Å². The number of aryl methyl sites for hydroxylation is 2. The third-order valence-corrected chi connectivity index (χ3v) is 5.17. The molecule has 0 aliphatic heterocycles. The first-order valence-corrected chi connectivity index (χ1v) is 9.66. The number of amides is 1. The highest BCUT2D eigenvalue weighted by Gasteiger charge is 2.09. The number of hydrogen-bond donors (Lipinski definition) is 1. The molecular weight excluding hydrogens is 410 g/mol. The SMILES string of the molecule is CCCCOC(=O)c1ccc(NC(=O)COc2cc(C)c(Br)c(C)c2)cc1. The van der Waals surface area contributed by atoms with Crippen molar-refractivity contribution >= 4 is 33.5 Å². The molecule has 0 spiro atoms. The molecule has 0 heterocycles. The van der Waals surface area contributed by atoms with E-state index in [9.17, 15) is 9.59 Å². The first-order chi connectivity index (χ1) is 12.9. The zero-order valence-electron chi connectivity index (χ0n) is 15.8. The fourth-order valence-corrected chi connectivity index (χ4v) is 2.65. The summed E-state index contributed by atoms with van der Waals surface area (Å²) in [4.78, 5) is 23.9. The van der Waals surface area contributed by atoms with Crippen LogP contribution < -0.4 is 10.1 Å². The van der Waals surface area contributed by atoms with E-state index in [0.29, 0.717) is 23.6 Å². The van der Waals surface area contributed by atoms with E-state index in [2.05, 4.69) is 21.2 Å². The number of halogens is 1. The standard InChI is InChI=1S/C21H24BrNO4/c1-4-5-10-26-21(25)16-6-8-17(9-7-16)23-19(24)13-27-18-11-14(2)20(22)15(3)12-18/h6-9,11-12H,4-5,10,13H2,1-3H3,(H,23,24). The van der Waals surface area contributed by atoms with Crippen molar-refractivity contribution in [1.29, 1.82) is 0 Å². The average molecular weight is 434 g/mol. The highest BCUT2D eigenvalue weighted by atomic mass is 79.9. The summed E-state index contributed by atoms with van der Waals surface area (Å²) in [6.07, 6.45) is 1.82. The van der Waals surface area contributed by atoms with Gasteiger partial charge in [0.1, 0.15) is 5.75 Å². The lowest BCUT2D eigenvalue weighted by Gasteiger charge is -2.11. The van der Waals surface area contributed by atoms with Crippen LogP contribution in [0.25, 0.3) is 0 Å². The Bertz CT molecular complexity index is 779. The number of benzene rings is 2. The van der Waals surface area contributed by atoms with Gasteiger partial charge in [0.2, 0.25) is 0 Å². The highest BCUT2D eigenvalue weighted by Crippen LogP contribution is 2.26. The molecule has 0 aromatic heterocycles. The van der Waals surface area contributed by atoms with Crippen LogP contribution in [-0.4, -0.2) is 25.1 Å². The number of ether oxygens (including phenoxy) is 2. The first-order valence-electron chi connectivity index (χ1n) is 8.87. The number of hydrogen-bond acceptors (Lipinski definition) is 4. The number of nitrogens with one attached hydrogen (secondary N) is 1. The van der Waals surface area contributed by atoms with Gasteiger partial charge in [-0.3, -0.25) is 4.79 Å². The van der Waals surface area contributed by atoms with Gasteiger partial charge in [-0.2, -0.15) is 0 Å². The number of rotatable bonds is 8. The molecule has 1 amide bonds. The highest BCUT2D eigenvalue weighted by molar-refractivity contribution is 9.10. The Balaban J connectivity index is 1.86. The van der Waals surface area contributed by atoms with E-state index >= 15 is 0 Å². The summed E-state index contributed by atoms with van der Waals surface area (Å²) in [6.45, 7) is 6.30. The number of unbranched alkanes of at least 4 members (excludes halogenated alkanes) is 1. The molecule has 0 aliphatic rings. The summed E-state index contributed by atoms with van der Waals surface area (Å²) in [5.74, 6) is 0.0191. The molecule has 0 atom stereocenters. The molecule has 2 aromatic rings. The molecule has 6 heteroatoms. The Morgan fingerprint density at radius 3 is 2.30 bits per heavy atom. The lowest BCUT2D eigenvalue weighted by atomic mass is 10.1. The Morgan fingerprint density at radius 2 is 1.70 bits per heavy atom. The lowest BCUT2D eigenvalue weighted by molar-refractivity contribution is -0.118. The predicted octanol–water partition coefficient (Wildman–Crippen LogP) is 5.04. The molecule has 144 valence electrons.